The molecule has 1 aliphatic heterocycles. The zero-order valence-electron chi connectivity index (χ0n) is 14.8. The smallest absolute Gasteiger partial charge is 0.311 e. The molecule has 3 rings (SSSR count). The quantitative estimate of drug-likeness (QED) is 0.295. The second kappa shape index (κ2) is 8.59. The molecule has 0 N–H and O–H groups in total. The standard InChI is InChI=1S/C19H14Cl2N2O6/c20-12-1-6-15(16(21)8-12)17(24)10-29-19(26)11-7-18(25)22(9-11)13-2-4-14(5-3-13)23(27)28/h1-6,8,11H,7,9-10H2/t11-/m1/s1. The lowest BCUT2D eigenvalue weighted by Crippen LogP contribution is -2.27. The van der Waals surface area contributed by atoms with Crippen molar-refractivity contribution >= 4 is 52.2 Å². The summed E-state index contributed by atoms with van der Waals surface area (Å²) < 4.78 is 5.06. The lowest BCUT2D eigenvalue weighted by molar-refractivity contribution is -0.384. The van der Waals surface area contributed by atoms with E-state index in [1.807, 2.05) is 0 Å². The number of rotatable bonds is 6. The molecule has 0 saturated carbocycles. The van der Waals surface area contributed by atoms with E-state index < -0.39 is 29.2 Å². The molecule has 0 aromatic heterocycles. The minimum absolute atomic E-state index is 0.0609. The predicted molar refractivity (Wildman–Crippen MR) is 105 cm³/mol. The molecule has 0 bridgehead atoms. The minimum Gasteiger partial charge on any atom is -0.457 e. The maximum absolute atomic E-state index is 12.3. The van der Waals surface area contributed by atoms with Crippen LogP contribution in [-0.4, -0.2) is 35.7 Å². The number of esters is 1. The highest BCUT2D eigenvalue weighted by Gasteiger charge is 2.36. The number of non-ortho nitro benzene ring substituents is 1. The van der Waals surface area contributed by atoms with Gasteiger partial charge in [0.05, 0.1) is 15.9 Å². The van der Waals surface area contributed by atoms with Crippen LogP contribution in [0.15, 0.2) is 42.5 Å². The van der Waals surface area contributed by atoms with Gasteiger partial charge in [0.25, 0.3) is 5.69 Å². The molecule has 2 aromatic rings. The average molecular weight is 437 g/mol. The summed E-state index contributed by atoms with van der Waals surface area (Å²) in [5, 5.41) is 11.3. The summed E-state index contributed by atoms with van der Waals surface area (Å²) in [7, 11) is 0. The topological polar surface area (TPSA) is 107 Å². The number of nitro groups is 1. The highest BCUT2D eigenvalue weighted by Crippen LogP contribution is 2.28. The van der Waals surface area contributed by atoms with E-state index >= 15 is 0 Å². The van der Waals surface area contributed by atoms with Gasteiger partial charge in [0.15, 0.2) is 6.61 Å². The number of nitrogens with zero attached hydrogens (tertiary/aromatic N) is 2. The van der Waals surface area contributed by atoms with Crippen molar-refractivity contribution in [2.45, 2.75) is 6.42 Å². The van der Waals surface area contributed by atoms with Crippen LogP contribution < -0.4 is 4.90 Å². The van der Waals surface area contributed by atoms with E-state index in [1.165, 1.54) is 47.4 Å². The molecule has 8 nitrogen and oxygen atoms in total. The van der Waals surface area contributed by atoms with Gasteiger partial charge in [-0.15, -0.1) is 0 Å². The maximum atomic E-state index is 12.3. The van der Waals surface area contributed by atoms with Crippen molar-refractivity contribution in [1.29, 1.82) is 0 Å². The Morgan fingerprint density at radius 2 is 1.86 bits per heavy atom. The monoisotopic (exact) mass is 436 g/mol. The first-order chi connectivity index (χ1) is 13.8. The van der Waals surface area contributed by atoms with Gasteiger partial charge in [-0.1, -0.05) is 23.2 Å². The Labute approximate surface area is 175 Å². The molecule has 1 aliphatic rings. The molecule has 1 amide bonds. The molecule has 0 radical (unpaired) electrons. The van der Waals surface area contributed by atoms with Crippen molar-refractivity contribution in [3.8, 4) is 0 Å². The number of anilines is 1. The lowest BCUT2D eigenvalue weighted by atomic mass is 10.1. The number of benzene rings is 2. The predicted octanol–water partition coefficient (Wildman–Crippen LogP) is 3.68. The van der Waals surface area contributed by atoms with E-state index in [0.29, 0.717) is 10.7 Å². The van der Waals surface area contributed by atoms with Gasteiger partial charge in [0, 0.05) is 41.4 Å². The average Bonchev–Trinajstić information content (AvgIpc) is 3.07. The third-order valence-electron chi connectivity index (χ3n) is 4.41. The molecule has 0 aliphatic carbocycles. The molecular weight excluding hydrogens is 423 g/mol. The first-order valence-electron chi connectivity index (χ1n) is 8.46. The molecule has 150 valence electrons. The minimum atomic E-state index is -0.744. The van der Waals surface area contributed by atoms with Gasteiger partial charge in [-0.3, -0.25) is 24.5 Å². The van der Waals surface area contributed by atoms with Gasteiger partial charge in [0.1, 0.15) is 0 Å². The number of Topliss-reactive ketones (excluding diaryl/α,β-unsaturated/α-hetero) is 1. The molecular formula is C19H14Cl2N2O6. The number of carbonyl (C=O) groups excluding carboxylic acids is 3. The van der Waals surface area contributed by atoms with E-state index in [9.17, 15) is 24.5 Å². The van der Waals surface area contributed by atoms with Gasteiger partial charge in [-0.2, -0.15) is 0 Å². The van der Waals surface area contributed by atoms with Crippen LogP contribution in [0.4, 0.5) is 11.4 Å². The highest BCUT2D eigenvalue weighted by molar-refractivity contribution is 6.36. The number of carbonyl (C=O) groups is 3. The summed E-state index contributed by atoms with van der Waals surface area (Å²) in [6.07, 6.45) is -0.0777. The normalized spacial score (nSPS) is 16.0. The fraction of sp³-hybridized carbons (Fsp3) is 0.211. The summed E-state index contributed by atoms with van der Waals surface area (Å²) in [5.41, 5.74) is 0.523. The number of hydrogen-bond acceptors (Lipinski definition) is 6. The molecule has 2 aromatic carbocycles. The van der Waals surface area contributed by atoms with Crippen LogP contribution in [0.5, 0.6) is 0 Å². The van der Waals surface area contributed by atoms with Gasteiger partial charge >= 0.3 is 5.97 Å². The Bertz CT molecular complexity index is 993. The van der Waals surface area contributed by atoms with Gasteiger partial charge in [-0.25, -0.2) is 0 Å². The number of halogens is 2. The fourth-order valence-corrected chi connectivity index (χ4v) is 3.43. The summed E-state index contributed by atoms with van der Waals surface area (Å²) in [6.45, 7) is -0.451. The molecule has 1 heterocycles. The third-order valence-corrected chi connectivity index (χ3v) is 4.96. The zero-order chi connectivity index (χ0) is 21.1. The van der Waals surface area contributed by atoms with Crippen LogP contribution in [-0.2, 0) is 14.3 Å². The number of ketones is 1. The Morgan fingerprint density at radius 3 is 2.48 bits per heavy atom. The summed E-state index contributed by atoms with van der Waals surface area (Å²) in [4.78, 5) is 48.3. The van der Waals surface area contributed by atoms with E-state index in [1.54, 1.807) is 0 Å². The van der Waals surface area contributed by atoms with E-state index in [2.05, 4.69) is 0 Å². The van der Waals surface area contributed by atoms with Crippen LogP contribution in [0.2, 0.25) is 10.0 Å². The van der Waals surface area contributed by atoms with Crippen molar-refractivity contribution in [2.75, 3.05) is 18.1 Å². The first kappa shape index (κ1) is 20.8. The summed E-state index contributed by atoms with van der Waals surface area (Å²) in [6, 6.07) is 9.80. The number of nitro benzene ring substituents is 1. The first-order valence-corrected chi connectivity index (χ1v) is 9.21. The number of hydrogen-bond donors (Lipinski definition) is 0. The van der Waals surface area contributed by atoms with Crippen molar-refractivity contribution in [1.82, 2.24) is 0 Å². The second-order valence-electron chi connectivity index (χ2n) is 6.33. The molecule has 29 heavy (non-hydrogen) atoms. The van der Waals surface area contributed by atoms with Gasteiger partial charge < -0.3 is 9.64 Å². The third kappa shape index (κ3) is 4.72. The highest BCUT2D eigenvalue weighted by atomic mass is 35.5. The molecule has 0 unspecified atom stereocenters. The van der Waals surface area contributed by atoms with Crippen LogP contribution in [0.1, 0.15) is 16.8 Å². The Balaban J connectivity index is 1.60. The van der Waals surface area contributed by atoms with Gasteiger partial charge in [-0.05, 0) is 30.3 Å². The largest absolute Gasteiger partial charge is 0.457 e. The van der Waals surface area contributed by atoms with Crippen molar-refractivity contribution < 1.29 is 24.0 Å². The van der Waals surface area contributed by atoms with E-state index in [4.69, 9.17) is 27.9 Å². The Morgan fingerprint density at radius 1 is 1.17 bits per heavy atom. The lowest BCUT2D eigenvalue weighted by Gasteiger charge is -2.16. The zero-order valence-corrected chi connectivity index (χ0v) is 16.4. The van der Waals surface area contributed by atoms with E-state index in [-0.39, 0.29) is 35.1 Å². The van der Waals surface area contributed by atoms with Crippen molar-refractivity contribution in [2.24, 2.45) is 5.92 Å². The van der Waals surface area contributed by atoms with Crippen molar-refractivity contribution in [3.05, 3.63) is 68.2 Å². The van der Waals surface area contributed by atoms with Crippen LogP contribution in [0.25, 0.3) is 0 Å². The molecule has 0 spiro atoms. The number of amides is 1. The van der Waals surface area contributed by atoms with Crippen LogP contribution in [0, 0.1) is 16.0 Å². The Kier molecular flexibility index (Phi) is 6.14. The Hall–Kier alpha value is -2.97. The van der Waals surface area contributed by atoms with Crippen LogP contribution >= 0.6 is 23.2 Å². The summed E-state index contributed by atoms with van der Waals surface area (Å²) in [5.74, 6) is -2.23. The summed E-state index contributed by atoms with van der Waals surface area (Å²) >= 11 is 11.8. The van der Waals surface area contributed by atoms with Crippen LogP contribution in [0.3, 0.4) is 0 Å². The van der Waals surface area contributed by atoms with Gasteiger partial charge in [0.2, 0.25) is 11.7 Å². The van der Waals surface area contributed by atoms with E-state index in [0.717, 1.165) is 0 Å². The molecule has 1 atom stereocenters. The molecule has 1 fully saturated rings. The van der Waals surface area contributed by atoms with Crippen molar-refractivity contribution in [3.63, 3.8) is 0 Å². The molecule has 1 saturated heterocycles. The maximum Gasteiger partial charge on any atom is 0.311 e. The fourth-order valence-electron chi connectivity index (χ4n) is 2.92. The SMILES string of the molecule is O=C(COC(=O)[C@@H]1CC(=O)N(c2ccc([N+](=O)[O-])cc2)C1)c1ccc(Cl)cc1Cl. The molecule has 10 heteroatoms. The second-order valence-corrected chi connectivity index (χ2v) is 7.18. The number of ether oxygens (including phenoxy) is 1.